The summed E-state index contributed by atoms with van der Waals surface area (Å²) in [6, 6.07) is 0.702. The minimum atomic E-state index is 0.116. The average molecular weight is 202 g/mol. The van der Waals surface area contributed by atoms with Gasteiger partial charge in [0.2, 0.25) is 0 Å². The van der Waals surface area contributed by atoms with Crippen LogP contribution in [0, 0.1) is 0 Å². The third-order valence-electron chi connectivity index (χ3n) is 2.71. The molecule has 84 valence electrons. The zero-order chi connectivity index (χ0) is 10.2. The number of nitrogens with zero attached hydrogens (tertiary/aromatic N) is 1. The number of aliphatic hydroxyl groups is 1. The van der Waals surface area contributed by atoms with E-state index in [-0.39, 0.29) is 6.61 Å². The van der Waals surface area contributed by atoms with E-state index < -0.39 is 0 Å². The Morgan fingerprint density at radius 2 is 2.36 bits per heavy atom. The fourth-order valence-corrected chi connectivity index (χ4v) is 1.82. The number of aliphatic hydroxyl groups excluding tert-OH is 1. The van der Waals surface area contributed by atoms with E-state index in [1.807, 2.05) is 0 Å². The largest absolute Gasteiger partial charge is 0.394 e. The molecule has 0 bridgehead atoms. The molecule has 1 saturated heterocycles. The van der Waals surface area contributed by atoms with Crippen molar-refractivity contribution in [2.45, 2.75) is 18.9 Å². The van der Waals surface area contributed by atoms with Gasteiger partial charge in [-0.25, -0.2) is 0 Å². The van der Waals surface area contributed by atoms with Crippen LogP contribution in [-0.4, -0.2) is 62.6 Å². The van der Waals surface area contributed by atoms with Gasteiger partial charge in [-0.1, -0.05) is 0 Å². The summed E-state index contributed by atoms with van der Waals surface area (Å²) in [6.07, 6.45) is 2.63. The van der Waals surface area contributed by atoms with E-state index >= 15 is 0 Å². The van der Waals surface area contributed by atoms with Crippen molar-refractivity contribution >= 4 is 0 Å². The zero-order valence-electron chi connectivity index (χ0n) is 9.04. The maximum absolute atomic E-state index is 8.48. The molecule has 2 N–H and O–H groups in total. The molecule has 0 aromatic carbocycles. The van der Waals surface area contributed by atoms with E-state index in [1.165, 1.54) is 19.4 Å². The van der Waals surface area contributed by atoms with Gasteiger partial charge in [0.1, 0.15) is 0 Å². The highest BCUT2D eigenvalue weighted by Crippen LogP contribution is 2.13. The lowest BCUT2D eigenvalue weighted by Gasteiger charge is -2.19. The molecular formula is C10H22N2O2. The second-order valence-electron chi connectivity index (χ2n) is 3.82. The van der Waals surface area contributed by atoms with Gasteiger partial charge >= 0.3 is 0 Å². The van der Waals surface area contributed by atoms with Crippen molar-refractivity contribution in [3.63, 3.8) is 0 Å². The molecular weight excluding hydrogens is 180 g/mol. The Morgan fingerprint density at radius 3 is 3.00 bits per heavy atom. The summed E-state index contributed by atoms with van der Waals surface area (Å²) in [5.74, 6) is 0. The normalized spacial score (nSPS) is 23.1. The summed E-state index contributed by atoms with van der Waals surface area (Å²) in [5, 5.41) is 11.8. The minimum Gasteiger partial charge on any atom is -0.394 e. The van der Waals surface area contributed by atoms with Gasteiger partial charge in [0.25, 0.3) is 0 Å². The first kappa shape index (κ1) is 11.9. The van der Waals surface area contributed by atoms with Gasteiger partial charge in [0.05, 0.1) is 19.8 Å². The Balaban J connectivity index is 1.88. The van der Waals surface area contributed by atoms with E-state index in [2.05, 4.69) is 17.3 Å². The van der Waals surface area contributed by atoms with Crippen LogP contribution >= 0.6 is 0 Å². The molecule has 0 radical (unpaired) electrons. The summed E-state index contributed by atoms with van der Waals surface area (Å²) in [4.78, 5) is 2.40. The summed E-state index contributed by atoms with van der Waals surface area (Å²) < 4.78 is 5.15. The summed E-state index contributed by atoms with van der Waals surface area (Å²) in [5.41, 5.74) is 0. The fraction of sp³-hybridized carbons (Fsp3) is 1.00. The molecule has 0 aliphatic carbocycles. The summed E-state index contributed by atoms with van der Waals surface area (Å²) in [6.45, 7) is 4.42. The number of ether oxygens (including phenoxy) is 1. The lowest BCUT2D eigenvalue weighted by atomic mass is 10.2. The van der Waals surface area contributed by atoms with Crippen LogP contribution in [-0.2, 0) is 4.74 Å². The van der Waals surface area contributed by atoms with E-state index in [0.29, 0.717) is 19.3 Å². The standard InChI is InChI=1S/C10H22N2O2/c1-12-5-2-3-10(12)9-11-4-7-14-8-6-13/h10-11,13H,2-9H2,1H3. The van der Waals surface area contributed by atoms with Crippen molar-refractivity contribution in [3.8, 4) is 0 Å². The zero-order valence-corrected chi connectivity index (χ0v) is 9.04. The SMILES string of the molecule is CN1CCCC1CNCCOCCO. The molecule has 1 heterocycles. The Morgan fingerprint density at radius 1 is 1.50 bits per heavy atom. The van der Waals surface area contributed by atoms with Crippen LogP contribution in [0.3, 0.4) is 0 Å². The highest BCUT2D eigenvalue weighted by atomic mass is 16.5. The monoisotopic (exact) mass is 202 g/mol. The van der Waals surface area contributed by atoms with Crippen molar-refractivity contribution in [1.29, 1.82) is 0 Å². The molecule has 0 amide bonds. The quantitative estimate of drug-likeness (QED) is 0.555. The Bertz CT molecular complexity index is 144. The molecule has 0 saturated carbocycles. The van der Waals surface area contributed by atoms with Crippen molar-refractivity contribution in [2.75, 3.05) is 46.5 Å². The van der Waals surface area contributed by atoms with Gasteiger partial charge in [0.15, 0.2) is 0 Å². The molecule has 1 fully saturated rings. The van der Waals surface area contributed by atoms with Gasteiger partial charge in [-0.15, -0.1) is 0 Å². The van der Waals surface area contributed by atoms with E-state index in [0.717, 1.165) is 13.1 Å². The second kappa shape index (κ2) is 7.17. The molecule has 1 aliphatic heterocycles. The number of likely N-dealkylation sites (tertiary alicyclic amines) is 1. The molecule has 1 rings (SSSR count). The van der Waals surface area contributed by atoms with Crippen LogP contribution in [0.25, 0.3) is 0 Å². The first-order valence-corrected chi connectivity index (χ1v) is 5.44. The smallest absolute Gasteiger partial charge is 0.0698 e. The Kier molecular flexibility index (Phi) is 6.10. The first-order chi connectivity index (χ1) is 6.84. The Hall–Kier alpha value is -0.160. The maximum atomic E-state index is 8.48. The van der Waals surface area contributed by atoms with Gasteiger partial charge in [-0.2, -0.15) is 0 Å². The molecule has 14 heavy (non-hydrogen) atoms. The first-order valence-electron chi connectivity index (χ1n) is 5.44. The van der Waals surface area contributed by atoms with Gasteiger partial charge in [-0.05, 0) is 26.4 Å². The van der Waals surface area contributed by atoms with Crippen LogP contribution < -0.4 is 5.32 Å². The number of nitrogens with one attached hydrogen (secondary N) is 1. The van der Waals surface area contributed by atoms with Crippen LogP contribution in [0.2, 0.25) is 0 Å². The molecule has 0 spiro atoms. The topological polar surface area (TPSA) is 44.7 Å². The number of hydrogen-bond acceptors (Lipinski definition) is 4. The number of hydrogen-bond donors (Lipinski definition) is 2. The lowest BCUT2D eigenvalue weighted by molar-refractivity contribution is 0.0932. The minimum absolute atomic E-state index is 0.116. The average Bonchev–Trinajstić information content (AvgIpc) is 2.58. The lowest BCUT2D eigenvalue weighted by Crippen LogP contribution is -2.36. The predicted octanol–water partition coefficient (Wildman–Crippen LogP) is -0.321. The number of rotatable bonds is 7. The van der Waals surface area contributed by atoms with Crippen LogP contribution in [0.4, 0.5) is 0 Å². The second-order valence-corrected chi connectivity index (χ2v) is 3.82. The summed E-state index contributed by atoms with van der Waals surface area (Å²) >= 11 is 0. The molecule has 0 aromatic rings. The van der Waals surface area contributed by atoms with Gasteiger partial charge < -0.3 is 20.1 Å². The molecule has 0 aromatic heterocycles. The maximum Gasteiger partial charge on any atom is 0.0698 e. The molecule has 1 atom stereocenters. The third-order valence-corrected chi connectivity index (χ3v) is 2.71. The van der Waals surface area contributed by atoms with Gasteiger partial charge in [0, 0.05) is 19.1 Å². The van der Waals surface area contributed by atoms with Crippen LogP contribution in [0.1, 0.15) is 12.8 Å². The van der Waals surface area contributed by atoms with E-state index in [9.17, 15) is 0 Å². The number of likely N-dealkylation sites (N-methyl/N-ethyl adjacent to an activating group) is 1. The van der Waals surface area contributed by atoms with E-state index in [1.54, 1.807) is 0 Å². The predicted molar refractivity (Wildman–Crippen MR) is 56.4 cm³/mol. The van der Waals surface area contributed by atoms with Crippen molar-refractivity contribution < 1.29 is 9.84 Å². The van der Waals surface area contributed by atoms with Crippen molar-refractivity contribution in [2.24, 2.45) is 0 Å². The van der Waals surface area contributed by atoms with Crippen LogP contribution in [0.15, 0.2) is 0 Å². The fourth-order valence-electron chi connectivity index (χ4n) is 1.82. The molecule has 1 unspecified atom stereocenters. The van der Waals surface area contributed by atoms with Crippen LogP contribution in [0.5, 0.6) is 0 Å². The molecule has 1 aliphatic rings. The van der Waals surface area contributed by atoms with E-state index in [4.69, 9.17) is 9.84 Å². The molecule has 4 heteroatoms. The summed E-state index contributed by atoms with van der Waals surface area (Å²) in [7, 11) is 2.18. The van der Waals surface area contributed by atoms with Crippen molar-refractivity contribution in [1.82, 2.24) is 10.2 Å². The highest BCUT2D eigenvalue weighted by Gasteiger charge is 2.19. The molecule has 4 nitrogen and oxygen atoms in total. The van der Waals surface area contributed by atoms with Crippen molar-refractivity contribution in [3.05, 3.63) is 0 Å². The Labute approximate surface area is 86.2 Å². The third kappa shape index (κ3) is 4.37. The highest BCUT2D eigenvalue weighted by molar-refractivity contribution is 4.77. The van der Waals surface area contributed by atoms with Gasteiger partial charge in [-0.3, -0.25) is 0 Å².